The summed E-state index contributed by atoms with van der Waals surface area (Å²) in [5, 5.41) is 2.81. The highest BCUT2D eigenvalue weighted by Crippen LogP contribution is 2.31. The third-order valence-electron chi connectivity index (χ3n) is 4.37. The van der Waals surface area contributed by atoms with Crippen LogP contribution in [0.15, 0.2) is 36.5 Å². The van der Waals surface area contributed by atoms with Crippen LogP contribution in [0.3, 0.4) is 0 Å². The molecule has 2 heterocycles. The molecule has 1 aromatic heterocycles. The van der Waals surface area contributed by atoms with Crippen molar-refractivity contribution >= 4 is 36.4 Å². The van der Waals surface area contributed by atoms with Crippen LogP contribution in [0.1, 0.15) is 18.4 Å². The minimum Gasteiger partial charge on any atom is -0.493 e. The third kappa shape index (κ3) is 5.72. The predicted molar refractivity (Wildman–Crippen MR) is 112 cm³/mol. The molecule has 0 unspecified atom stereocenters. The van der Waals surface area contributed by atoms with E-state index in [9.17, 15) is 4.79 Å². The van der Waals surface area contributed by atoms with Crippen molar-refractivity contribution in [2.24, 2.45) is 5.73 Å². The van der Waals surface area contributed by atoms with Gasteiger partial charge in [-0.25, -0.2) is 4.98 Å². The van der Waals surface area contributed by atoms with Crippen LogP contribution in [-0.4, -0.2) is 36.8 Å². The van der Waals surface area contributed by atoms with Crippen molar-refractivity contribution in [3.8, 4) is 17.4 Å². The molecule has 3 N–H and O–H groups in total. The first-order chi connectivity index (χ1) is 12.5. The SMILES string of the molecule is COc1cc(C)ccc1Oc1ccc(NC(=O)C2(N)CCOCC2)cn1.Cl.Cl. The van der Waals surface area contributed by atoms with E-state index < -0.39 is 5.54 Å². The molecule has 0 spiro atoms. The molecule has 9 heteroatoms. The quantitative estimate of drug-likeness (QED) is 0.754. The number of pyridine rings is 1. The van der Waals surface area contributed by atoms with Gasteiger partial charge in [-0.3, -0.25) is 4.79 Å². The van der Waals surface area contributed by atoms with Crippen LogP contribution in [0.5, 0.6) is 17.4 Å². The van der Waals surface area contributed by atoms with E-state index in [1.165, 1.54) is 6.20 Å². The van der Waals surface area contributed by atoms with Crippen molar-refractivity contribution in [1.29, 1.82) is 0 Å². The fraction of sp³-hybridized carbons (Fsp3) is 0.368. The fourth-order valence-corrected chi connectivity index (χ4v) is 2.70. The number of carbonyl (C=O) groups excluding carboxylic acids is 1. The molecule has 1 aliphatic heterocycles. The minimum atomic E-state index is -0.900. The van der Waals surface area contributed by atoms with Crippen LogP contribution < -0.4 is 20.5 Å². The number of ether oxygens (including phenoxy) is 3. The van der Waals surface area contributed by atoms with Crippen LogP contribution in [0.4, 0.5) is 5.69 Å². The van der Waals surface area contributed by atoms with E-state index in [0.29, 0.717) is 49.1 Å². The first-order valence-corrected chi connectivity index (χ1v) is 8.47. The van der Waals surface area contributed by atoms with E-state index in [1.54, 1.807) is 19.2 Å². The molecule has 7 nitrogen and oxygen atoms in total. The molecule has 1 amide bonds. The zero-order valence-electron chi connectivity index (χ0n) is 15.8. The van der Waals surface area contributed by atoms with Gasteiger partial charge in [0.05, 0.1) is 19.0 Å². The Hall–Kier alpha value is -2.06. The molecular weight excluding hydrogens is 405 g/mol. The molecule has 154 valence electrons. The van der Waals surface area contributed by atoms with Gasteiger partial charge in [0.15, 0.2) is 11.5 Å². The Morgan fingerprint density at radius 3 is 2.50 bits per heavy atom. The number of nitrogens with two attached hydrogens (primary N) is 1. The molecule has 0 atom stereocenters. The maximum absolute atomic E-state index is 12.4. The highest BCUT2D eigenvalue weighted by atomic mass is 35.5. The van der Waals surface area contributed by atoms with Gasteiger partial charge in [0.25, 0.3) is 0 Å². The van der Waals surface area contributed by atoms with Crippen molar-refractivity contribution in [3.05, 3.63) is 42.1 Å². The number of aryl methyl sites for hydroxylation is 1. The molecule has 3 rings (SSSR count). The average molecular weight is 430 g/mol. The van der Waals surface area contributed by atoms with E-state index in [1.807, 2.05) is 25.1 Å². The van der Waals surface area contributed by atoms with Crippen molar-refractivity contribution in [1.82, 2.24) is 4.98 Å². The molecule has 1 aliphatic rings. The minimum absolute atomic E-state index is 0. The van der Waals surface area contributed by atoms with Crippen molar-refractivity contribution < 1.29 is 19.0 Å². The average Bonchev–Trinajstić information content (AvgIpc) is 2.65. The van der Waals surface area contributed by atoms with Gasteiger partial charge in [0.2, 0.25) is 11.8 Å². The number of halogens is 2. The van der Waals surface area contributed by atoms with Crippen LogP contribution in [0, 0.1) is 6.92 Å². The van der Waals surface area contributed by atoms with Gasteiger partial charge in [-0.1, -0.05) is 6.07 Å². The zero-order chi connectivity index (χ0) is 18.6. The van der Waals surface area contributed by atoms with E-state index in [0.717, 1.165) is 5.56 Å². The molecule has 1 aromatic carbocycles. The Morgan fingerprint density at radius 1 is 1.18 bits per heavy atom. The molecule has 1 saturated heterocycles. The molecule has 0 bridgehead atoms. The second-order valence-electron chi connectivity index (χ2n) is 6.36. The number of hydrogen-bond donors (Lipinski definition) is 2. The van der Waals surface area contributed by atoms with Gasteiger partial charge in [-0.15, -0.1) is 24.8 Å². The largest absolute Gasteiger partial charge is 0.493 e. The summed E-state index contributed by atoms with van der Waals surface area (Å²) < 4.78 is 16.3. The van der Waals surface area contributed by atoms with Crippen molar-refractivity contribution in [2.45, 2.75) is 25.3 Å². The summed E-state index contributed by atoms with van der Waals surface area (Å²) in [7, 11) is 1.59. The fourth-order valence-electron chi connectivity index (χ4n) is 2.70. The molecular formula is C19H25Cl2N3O4. The zero-order valence-corrected chi connectivity index (χ0v) is 17.4. The van der Waals surface area contributed by atoms with Gasteiger partial charge in [-0.05, 0) is 43.5 Å². The summed E-state index contributed by atoms with van der Waals surface area (Å²) in [4.78, 5) is 16.6. The lowest BCUT2D eigenvalue weighted by Crippen LogP contribution is -2.54. The molecule has 2 aromatic rings. The molecule has 0 radical (unpaired) electrons. The molecule has 28 heavy (non-hydrogen) atoms. The smallest absolute Gasteiger partial charge is 0.244 e. The predicted octanol–water partition coefficient (Wildman–Crippen LogP) is 3.48. The highest BCUT2D eigenvalue weighted by molar-refractivity contribution is 5.97. The van der Waals surface area contributed by atoms with Gasteiger partial charge in [-0.2, -0.15) is 0 Å². The number of benzene rings is 1. The summed E-state index contributed by atoms with van der Waals surface area (Å²) in [5.74, 6) is 1.38. The summed E-state index contributed by atoms with van der Waals surface area (Å²) in [6.45, 7) is 2.96. The Kier molecular flexibility index (Phi) is 8.97. The number of nitrogens with zero attached hydrogens (tertiary/aromatic N) is 1. The van der Waals surface area contributed by atoms with Gasteiger partial charge in [0.1, 0.15) is 5.54 Å². The third-order valence-corrected chi connectivity index (χ3v) is 4.37. The van der Waals surface area contributed by atoms with Gasteiger partial charge < -0.3 is 25.3 Å². The maximum Gasteiger partial charge on any atom is 0.244 e. The number of nitrogens with one attached hydrogen (secondary N) is 1. The van der Waals surface area contributed by atoms with Gasteiger partial charge >= 0.3 is 0 Å². The Morgan fingerprint density at radius 2 is 1.89 bits per heavy atom. The lowest BCUT2D eigenvalue weighted by Gasteiger charge is -2.31. The number of aromatic nitrogens is 1. The Bertz CT molecular complexity index is 781. The topological polar surface area (TPSA) is 95.7 Å². The normalized spacial score (nSPS) is 14.8. The molecule has 1 fully saturated rings. The second kappa shape index (κ2) is 10.5. The van der Waals surface area contributed by atoms with Gasteiger partial charge in [0, 0.05) is 19.3 Å². The lowest BCUT2D eigenvalue weighted by atomic mass is 9.90. The van der Waals surface area contributed by atoms with E-state index in [4.69, 9.17) is 19.9 Å². The summed E-state index contributed by atoms with van der Waals surface area (Å²) in [6.07, 6.45) is 2.54. The highest BCUT2D eigenvalue weighted by Gasteiger charge is 2.35. The van der Waals surface area contributed by atoms with Crippen LogP contribution in [0.2, 0.25) is 0 Å². The molecule has 0 saturated carbocycles. The first kappa shape index (κ1) is 24.0. The standard InChI is InChI=1S/C19H23N3O4.2ClH/c1-13-3-5-15(16(11-13)24-2)26-17-6-4-14(12-21-17)22-18(23)19(20)7-9-25-10-8-19;;/h3-6,11-12H,7-10,20H2,1-2H3,(H,22,23);2*1H. The van der Waals surface area contributed by atoms with E-state index >= 15 is 0 Å². The second-order valence-corrected chi connectivity index (χ2v) is 6.36. The monoisotopic (exact) mass is 429 g/mol. The number of amides is 1. The Balaban J connectivity index is 0.00000196. The van der Waals surface area contributed by atoms with E-state index in [-0.39, 0.29) is 30.7 Å². The summed E-state index contributed by atoms with van der Waals surface area (Å²) in [6, 6.07) is 9.06. The number of hydrogen-bond acceptors (Lipinski definition) is 6. The summed E-state index contributed by atoms with van der Waals surface area (Å²) >= 11 is 0. The lowest BCUT2D eigenvalue weighted by molar-refractivity contribution is -0.124. The van der Waals surface area contributed by atoms with Crippen LogP contribution >= 0.6 is 24.8 Å². The Labute approximate surface area is 176 Å². The maximum atomic E-state index is 12.4. The molecule has 0 aliphatic carbocycles. The van der Waals surface area contributed by atoms with Crippen molar-refractivity contribution in [2.75, 3.05) is 25.6 Å². The van der Waals surface area contributed by atoms with Crippen LogP contribution in [-0.2, 0) is 9.53 Å². The number of anilines is 1. The number of carbonyl (C=O) groups is 1. The number of methoxy groups -OCH3 is 1. The van der Waals surface area contributed by atoms with E-state index in [2.05, 4.69) is 10.3 Å². The van der Waals surface area contributed by atoms with Crippen molar-refractivity contribution in [3.63, 3.8) is 0 Å². The number of rotatable bonds is 5. The first-order valence-electron chi connectivity index (χ1n) is 8.47. The van der Waals surface area contributed by atoms with Crippen LogP contribution in [0.25, 0.3) is 0 Å². The summed E-state index contributed by atoms with van der Waals surface area (Å²) in [5.41, 5.74) is 6.91.